The zero-order valence-electron chi connectivity index (χ0n) is 11.2. The van der Waals surface area contributed by atoms with Crippen molar-refractivity contribution >= 4 is 17.3 Å². The summed E-state index contributed by atoms with van der Waals surface area (Å²) in [6.07, 6.45) is 3.58. The van der Waals surface area contributed by atoms with Crippen LogP contribution in [0.15, 0.2) is 18.2 Å². The van der Waals surface area contributed by atoms with E-state index < -0.39 is 5.91 Å². The molecule has 0 radical (unpaired) electrons. The molecule has 0 unspecified atom stereocenters. The van der Waals surface area contributed by atoms with E-state index in [1.807, 2.05) is 6.07 Å². The molecule has 0 atom stereocenters. The van der Waals surface area contributed by atoms with Crippen LogP contribution in [0.25, 0.3) is 0 Å². The molecule has 1 amide bonds. The highest BCUT2D eigenvalue weighted by molar-refractivity contribution is 5.98. The van der Waals surface area contributed by atoms with Gasteiger partial charge in [0, 0.05) is 17.9 Å². The number of carbonyl (C=O) groups is 1. The summed E-state index contributed by atoms with van der Waals surface area (Å²) >= 11 is 0. The monoisotopic (exact) mass is 249 g/mol. The van der Waals surface area contributed by atoms with E-state index in [-0.39, 0.29) is 0 Å². The molecule has 0 aliphatic carbocycles. The van der Waals surface area contributed by atoms with E-state index in [1.54, 1.807) is 12.1 Å². The van der Waals surface area contributed by atoms with Crippen molar-refractivity contribution in [2.24, 2.45) is 11.7 Å². The van der Waals surface area contributed by atoms with Crippen LogP contribution < -0.4 is 16.8 Å². The first-order valence-corrected chi connectivity index (χ1v) is 6.44. The third-order valence-electron chi connectivity index (χ3n) is 2.86. The van der Waals surface area contributed by atoms with Crippen molar-refractivity contribution in [3.05, 3.63) is 23.8 Å². The molecule has 1 rings (SSSR count). The first kappa shape index (κ1) is 14.4. The predicted molar refractivity (Wildman–Crippen MR) is 76.6 cm³/mol. The van der Waals surface area contributed by atoms with Gasteiger partial charge in [-0.25, -0.2) is 0 Å². The van der Waals surface area contributed by atoms with E-state index >= 15 is 0 Å². The normalized spacial score (nSPS) is 10.6. The number of anilines is 2. The molecule has 4 nitrogen and oxygen atoms in total. The van der Waals surface area contributed by atoms with Crippen LogP contribution >= 0.6 is 0 Å². The largest absolute Gasteiger partial charge is 0.398 e. The zero-order valence-corrected chi connectivity index (χ0v) is 11.2. The molecule has 0 heterocycles. The molecule has 5 N–H and O–H groups in total. The summed E-state index contributed by atoms with van der Waals surface area (Å²) in [7, 11) is 0. The summed E-state index contributed by atoms with van der Waals surface area (Å²) in [5.74, 6) is 0.263. The Morgan fingerprint density at radius 2 is 2.06 bits per heavy atom. The number of nitrogens with two attached hydrogens (primary N) is 2. The number of benzene rings is 1. The Hall–Kier alpha value is -1.71. The smallest absolute Gasteiger partial charge is 0.250 e. The van der Waals surface area contributed by atoms with Crippen molar-refractivity contribution in [2.45, 2.75) is 33.1 Å². The third-order valence-corrected chi connectivity index (χ3v) is 2.86. The summed E-state index contributed by atoms with van der Waals surface area (Å²) in [5.41, 5.74) is 12.6. The Balaban J connectivity index is 2.43. The van der Waals surface area contributed by atoms with Gasteiger partial charge in [0.2, 0.25) is 0 Å². The number of nitrogen functional groups attached to an aromatic ring is 1. The van der Waals surface area contributed by atoms with Gasteiger partial charge in [-0.1, -0.05) is 26.7 Å². The topological polar surface area (TPSA) is 81.1 Å². The lowest BCUT2D eigenvalue weighted by molar-refractivity contribution is 0.100. The molecule has 0 aromatic heterocycles. The summed E-state index contributed by atoms with van der Waals surface area (Å²) < 4.78 is 0. The fourth-order valence-electron chi connectivity index (χ4n) is 1.79. The molecule has 18 heavy (non-hydrogen) atoms. The first-order chi connectivity index (χ1) is 8.50. The Morgan fingerprint density at radius 3 is 2.67 bits per heavy atom. The van der Waals surface area contributed by atoms with Gasteiger partial charge in [-0.2, -0.15) is 0 Å². The van der Waals surface area contributed by atoms with E-state index in [1.165, 1.54) is 12.8 Å². The highest BCUT2D eigenvalue weighted by Gasteiger charge is 2.06. The predicted octanol–water partition coefficient (Wildman–Crippen LogP) is 2.61. The Kier molecular flexibility index (Phi) is 5.49. The van der Waals surface area contributed by atoms with Crippen molar-refractivity contribution in [2.75, 3.05) is 17.6 Å². The SMILES string of the molecule is CC(C)CCCCNc1ccc(N)c(C(N)=O)c1. The van der Waals surface area contributed by atoms with Crippen molar-refractivity contribution in [3.8, 4) is 0 Å². The molecule has 100 valence electrons. The number of unbranched alkanes of at least 4 members (excludes halogenated alkanes) is 1. The minimum atomic E-state index is -0.490. The molecule has 0 aliphatic rings. The standard InChI is InChI=1S/C14H23N3O/c1-10(2)5-3-4-8-17-11-6-7-13(15)12(9-11)14(16)18/h6-7,9-10,17H,3-5,8,15H2,1-2H3,(H2,16,18). The molecule has 1 aromatic carbocycles. The van der Waals surface area contributed by atoms with E-state index in [0.29, 0.717) is 11.3 Å². The lowest BCUT2D eigenvalue weighted by Gasteiger charge is -2.09. The molecule has 0 aliphatic heterocycles. The van der Waals surface area contributed by atoms with Crippen LogP contribution in [-0.2, 0) is 0 Å². The number of hydrogen-bond donors (Lipinski definition) is 3. The number of rotatable bonds is 7. The van der Waals surface area contributed by atoms with E-state index in [4.69, 9.17) is 11.5 Å². The fraction of sp³-hybridized carbons (Fsp3) is 0.500. The van der Waals surface area contributed by atoms with Gasteiger partial charge in [-0.05, 0) is 30.5 Å². The van der Waals surface area contributed by atoms with Gasteiger partial charge >= 0.3 is 0 Å². The number of primary amides is 1. The fourth-order valence-corrected chi connectivity index (χ4v) is 1.79. The maximum Gasteiger partial charge on any atom is 0.250 e. The van der Waals surface area contributed by atoms with Gasteiger partial charge in [0.1, 0.15) is 0 Å². The highest BCUT2D eigenvalue weighted by atomic mass is 16.1. The van der Waals surface area contributed by atoms with Crippen molar-refractivity contribution < 1.29 is 4.79 Å². The lowest BCUT2D eigenvalue weighted by Crippen LogP contribution is -2.14. The van der Waals surface area contributed by atoms with E-state index in [0.717, 1.165) is 24.6 Å². The highest BCUT2D eigenvalue weighted by Crippen LogP contribution is 2.17. The Labute approximate surface area is 109 Å². The van der Waals surface area contributed by atoms with Gasteiger partial charge in [0.05, 0.1) is 5.56 Å². The van der Waals surface area contributed by atoms with Crippen LogP contribution in [0.2, 0.25) is 0 Å². The Bertz CT molecular complexity index is 402. The van der Waals surface area contributed by atoms with E-state index in [2.05, 4.69) is 19.2 Å². The minimum absolute atomic E-state index is 0.377. The van der Waals surface area contributed by atoms with Crippen molar-refractivity contribution in [1.82, 2.24) is 0 Å². The van der Waals surface area contributed by atoms with Gasteiger partial charge < -0.3 is 16.8 Å². The molecule has 4 heteroatoms. The molecule has 0 saturated heterocycles. The summed E-state index contributed by atoms with van der Waals surface area (Å²) in [6.45, 7) is 5.36. The van der Waals surface area contributed by atoms with Gasteiger partial charge in [-0.3, -0.25) is 4.79 Å². The number of carbonyl (C=O) groups excluding carboxylic acids is 1. The van der Waals surface area contributed by atoms with Gasteiger partial charge in [0.25, 0.3) is 5.91 Å². The second-order valence-corrected chi connectivity index (χ2v) is 4.98. The van der Waals surface area contributed by atoms with Crippen molar-refractivity contribution in [1.29, 1.82) is 0 Å². The lowest BCUT2D eigenvalue weighted by atomic mass is 10.1. The molecule has 0 saturated carbocycles. The molecule has 0 bridgehead atoms. The van der Waals surface area contributed by atoms with Crippen LogP contribution in [-0.4, -0.2) is 12.5 Å². The number of amides is 1. The zero-order chi connectivity index (χ0) is 13.5. The maximum atomic E-state index is 11.1. The van der Waals surface area contributed by atoms with Crippen LogP contribution in [0.4, 0.5) is 11.4 Å². The molecule has 0 fully saturated rings. The maximum absolute atomic E-state index is 11.1. The van der Waals surface area contributed by atoms with Gasteiger partial charge in [-0.15, -0.1) is 0 Å². The third kappa shape index (κ3) is 4.65. The number of hydrogen-bond acceptors (Lipinski definition) is 3. The summed E-state index contributed by atoms with van der Waals surface area (Å²) in [4.78, 5) is 11.1. The Morgan fingerprint density at radius 1 is 1.33 bits per heavy atom. The van der Waals surface area contributed by atoms with Crippen LogP contribution in [0, 0.1) is 5.92 Å². The van der Waals surface area contributed by atoms with Crippen LogP contribution in [0.3, 0.4) is 0 Å². The first-order valence-electron chi connectivity index (χ1n) is 6.44. The molecular weight excluding hydrogens is 226 g/mol. The molecule has 0 spiro atoms. The van der Waals surface area contributed by atoms with Crippen molar-refractivity contribution in [3.63, 3.8) is 0 Å². The van der Waals surface area contributed by atoms with Gasteiger partial charge in [0.15, 0.2) is 0 Å². The molecule has 1 aromatic rings. The summed E-state index contributed by atoms with van der Waals surface area (Å²) in [5, 5.41) is 3.28. The number of nitrogens with one attached hydrogen (secondary N) is 1. The minimum Gasteiger partial charge on any atom is -0.398 e. The quantitative estimate of drug-likeness (QED) is 0.513. The summed E-state index contributed by atoms with van der Waals surface area (Å²) in [6, 6.07) is 5.28. The average Bonchev–Trinajstić information content (AvgIpc) is 2.30. The average molecular weight is 249 g/mol. The van der Waals surface area contributed by atoms with Crippen LogP contribution in [0.5, 0.6) is 0 Å². The second-order valence-electron chi connectivity index (χ2n) is 4.98. The molecular formula is C14H23N3O. The van der Waals surface area contributed by atoms with E-state index in [9.17, 15) is 4.79 Å². The second kappa shape index (κ2) is 6.89. The van der Waals surface area contributed by atoms with Crippen LogP contribution in [0.1, 0.15) is 43.5 Å².